The van der Waals surface area contributed by atoms with Gasteiger partial charge in [0.25, 0.3) is 0 Å². The maximum atomic E-state index is 12.5. The average Bonchev–Trinajstić information content (AvgIpc) is 2.36. The van der Waals surface area contributed by atoms with Gasteiger partial charge < -0.3 is 0 Å². The SMILES string of the molecule is CC(C)c1cc2c3c(cccc3c1)CN(C)S2(=O)=O. The number of benzene rings is 2. The molecule has 19 heavy (non-hydrogen) atoms. The summed E-state index contributed by atoms with van der Waals surface area (Å²) in [5, 5.41) is 1.92. The van der Waals surface area contributed by atoms with Crippen LogP contribution >= 0.6 is 0 Å². The summed E-state index contributed by atoms with van der Waals surface area (Å²) < 4.78 is 26.4. The van der Waals surface area contributed by atoms with Gasteiger partial charge in [0.2, 0.25) is 10.0 Å². The monoisotopic (exact) mass is 275 g/mol. The zero-order chi connectivity index (χ0) is 13.8. The molecule has 1 heterocycles. The molecule has 0 bridgehead atoms. The van der Waals surface area contributed by atoms with Gasteiger partial charge in [-0.15, -0.1) is 0 Å². The first-order valence-electron chi connectivity index (χ1n) is 6.43. The molecule has 0 saturated heterocycles. The van der Waals surface area contributed by atoms with Gasteiger partial charge in [-0.25, -0.2) is 8.42 Å². The third-order valence-corrected chi connectivity index (χ3v) is 5.62. The molecule has 0 aliphatic carbocycles. The Morgan fingerprint density at radius 3 is 2.63 bits per heavy atom. The van der Waals surface area contributed by atoms with Gasteiger partial charge in [0.05, 0.1) is 4.90 Å². The summed E-state index contributed by atoms with van der Waals surface area (Å²) in [4.78, 5) is 0.457. The Kier molecular flexibility index (Phi) is 2.69. The predicted molar refractivity (Wildman–Crippen MR) is 76.7 cm³/mol. The molecule has 1 aliphatic heterocycles. The van der Waals surface area contributed by atoms with Crippen molar-refractivity contribution in [3.63, 3.8) is 0 Å². The zero-order valence-corrected chi connectivity index (χ0v) is 12.2. The minimum atomic E-state index is -3.35. The summed E-state index contributed by atoms with van der Waals surface area (Å²) in [5.41, 5.74) is 2.15. The molecule has 0 aromatic heterocycles. The van der Waals surface area contributed by atoms with Gasteiger partial charge in [-0.3, -0.25) is 0 Å². The summed E-state index contributed by atoms with van der Waals surface area (Å²) in [6.07, 6.45) is 0. The van der Waals surface area contributed by atoms with Crippen molar-refractivity contribution < 1.29 is 8.42 Å². The van der Waals surface area contributed by atoms with Crippen molar-refractivity contribution in [2.75, 3.05) is 7.05 Å². The standard InChI is InChI=1S/C15H17NO2S/c1-10(2)13-7-11-5-4-6-12-9-16(3)19(17,18)14(8-13)15(11)12/h4-8,10H,9H2,1-3H3. The summed E-state index contributed by atoms with van der Waals surface area (Å²) in [6.45, 7) is 4.61. The van der Waals surface area contributed by atoms with Crippen LogP contribution < -0.4 is 0 Å². The van der Waals surface area contributed by atoms with E-state index in [2.05, 4.69) is 19.9 Å². The second-order valence-electron chi connectivity index (χ2n) is 5.45. The Labute approximate surface area is 113 Å². The van der Waals surface area contributed by atoms with Crippen LogP contribution in [0.3, 0.4) is 0 Å². The molecule has 2 aromatic carbocycles. The molecule has 3 nitrogen and oxygen atoms in total. The molecule has 2 aromatic rings. The molecule has 0 N–H and O–H groups in total. The van der Waals surface area contributed by atoms with Gasteiger partial charge in [0.15, 0.2) is 0 Å². The van der Waals surface area contributed by atoms with Crippen molar-refractivity contribution >= 4 is 20.8 Å². The van der Waals surface area contributed by atoms with Crippen molar-refractivity contribution in [3.05, 3.63) is 41.5 Å². The van der Waals surface area contributed by atoms with Crippen molar-refractivity contribution in [1.29, 1.82) is 0 Å². The summed E-state index contributed by atoms with van der Waals surface area (Å²) >= 11 is 0. The fourth-order valence-electron chi connectivity index (χ4n) is 2.65. The second-order valence-corrected chi connectivity index (χ2v) is 7.46. The Bertz CT molecular complexity index is 763. The van der Waals surface area contributed by atoms with Gasteiger partial charge in [-0.05, 0) is 28.5 Å². The number of hydrogen-bond acceptors (Lipinski definition) is 2. The van der Waals surface area contributed by atoms with E-state index in [0.717, 1.165) is 21.9 Å². The van der Waals surface area contributed by atoms with E-state index in [9.17, 15) is 8.42 Å². The molecule has 3 rings (SSSR count). The maximum Gasteiger partial charge on any atom is 0.243 e. The fraction of sp³-hybridized carbons (Fsp3) is 0.333. The van der Waals surface area contributed by atoms with E-state index < -0.39 is 10.0 Å². The van der Waals surface area contributed by atoms with Crippen LogP contribution in [0.2, 0.25) is 0 Å². The Morgan fingerprint density at radius 1 is 1.21 bits per heavy atom. The minimum Gasteiger partial charge on any atom is -0.207 e. The topological polar surface area (TPSA) is 37.4 Å². The molecular weight excluding hydrogens is 258 g/mol. The van der Waals surface area contributed by atoms with Crippen LogP contribution in [0.4, 0.5) is 0 Å². The van der Waals surface area contributed by atoms with E-state index in [1.165, 1.54) is 4.31 Å². The van der Waals surface area contributed by atoms with Crippen LogP contribution in [0, 0.1) is 0 Å². The number of hydrogen-bond donors (Lipinski definition) is 0. The highest BCUT2D eigenvalue weighted by Gasteiger charge is 2.30. The van der Waals surface area contributed by atoms with E-state index in [-0.39, 0.29) is 0 Å². The summed E-state index contributed by atoms with van der Waals surface area (Å²) in [7, 11) is -1.71. The Balaban J connectivity index is 2.47. The molecule has 0 unspecified atom stereocenters. The smallest absolute Gasteiger partial charge is 0.207 e. The van der Waals surface area contributed by atoms with Crippen LogP contribution in [0.5, 0.6) is 0 Å². The molecule has 1 aliphatic rings. The lowest BCUT2D eigenvalue weighted by Gasteiger charge is -2.26. The molecule has 0 spiro atoms. The Hall–Kier alpha value is -1.39. The van der Waals surface area contributed by atoms with E-state index in [1.807, 2.05) is 24.3 Å². The summed E-state index contributed by atoms with van der Waals surface area (Å²) in [5.74, 6) is 0.312. The number of rotatable bonds is 1. The highest BCUT2D eigenvalue weighted by atomic mass is 32.2. The third-order valence-electron chi connectivity index (χ3n) is 3.80. The van der Waals surface area contributed by atoms with Gasteiger partial charge in [0, 0.05) is 19.0 Å². The van der Waals surface area contributed by atoms with E-state index in [1.54, 1.807) is 7.05 Å². The van der Waals surface area contributed by atoms with Crippen LogP contribution in [-0.4, -0.2) is 19.8 Å². The quantitative estimate of drug-likeness (QED) is 0.802. The molecule has 4 heteroatoms. The van der Waals surface area contributed by atoms with Gasteiger partial charge in [-0.1, -0.05) is 38.1 Å². The van der Waals surface area contributed by atoms with Crippen LogP contribution in [0.15, 0.2) is 35.2 Å². The molecular formula is C15H17NO2S. The van der Waals surface area contributed by atoms with E-state index in [4.69, 9.17) is 0 Å². The largest absolute Gasteiger partial charge is 0.243 e. The highest BCUT2D eigenvalue weighted by molar-refractivity contribution is 7.89. The molecule has 0 saturated carbocycles. The molecule has 0 fully saturated rings. The molecule has 100 valence electrons. The van der Waals surface area contributed by atoms with Crippen molar-refractivity contribution in [1.82, 2.24) is 4.31 Å². The van der Waals surface area contributed by atoms with Gasteiger partial charge >= 0.3 is 0 Å². The van der Waals surface area contributed by atoms with Crippen LogP contribution in [-0.2, 0) is 16.6 Å². The van der Waals surface area contributed by atoms with Gasteiger partial charge in [-0.2, -0.15) is 4.31 Å². The first kappa shape index (κ1) is 12.6. The minimum absolute atomic E-state index is 0.312. The highest BCUT2D eigenvalue weighted by Crippen LogP contribution is 2.36. The third kappa shape index (κ3) is 1.78. The molecule has 0 atom stereocenters. The fourth-order valence-corrected chi connectivity index (χ4v) is 4.08. The predicted octanol–water partition coefficient (Wildman–Crippen LogP) is 3.10. The van der Waals surface area contributed by atoms with E-state index >= 15 is 0 Å². The van der Waals surface area contributed by atoms with Crippen LogP contribution in [0.25, 0.3) is 10.8 Å². The Morgan fingerprint density at radius 2 is 1.95 bits per heavy atom. The van der Waals surface area contributed by atoms with Gasteiger partial charge in [0.1, 0.15) is 0 Å². The number of sulfonamides is 1. The summed E-state index contributed by atoms with van der Waals surface area (Å²) in [6, 6.07) is 9.94. The van der Waals surface area contributed by atoms with Crippen LogP contribution in [0.1, 0.15) is 30.9 Å². The number of nitrogens with zero attached hydrogens (tertiary/aromatic N) is 1. The lowest BCUT2D eigenvalue weighted by Crippen LogP contribution is -2.30. The maximum absolute atomic E-state index is 12.5. The lowest BCUT2D eigenvalue weighted by molar-refractivity contribution is 0.463. The first-order chi connectivity index (χ1) is 8.91. The first-order valence-corrected chi connectivity index (χ1v) is 7.87. The zero-order valence-electron chi connectivity index (χ0n) is 11.3. The molecule has 0 amide bonds. The lowest BCUT2D eigenvalue weighted by atomic mass is 9.96. The molecule has 0 radical (unpaired) electrons. The normalized spacial score (nSPS) is 18.1. The second kappa shape index (κ2) is 4.05. The van der Waals surface area contributed by atoms with Crippen molar-refractivity contribution in [2.45, 2.75) is 31.2 Å². The van der Waals surface area contributed by atoms with Crippen molar-refractivity contribution in [2.24, 2.45) is 0 Å². The van der Waals surface area contributed by atoms with Crippen molar-refractivity contribution in [3.8, 4) is 0 Å². The van der Waals surface area contributed by atoms with E-state index in [0.29, 0.717) is 17.4 Å². The average molecular weight is 275 g/mol.